The number of aliphatic hydroxyl groups is 1. The highest BCUT2D eigenvalue weighted by atomic mass is 19.1. The minimum Gasteiger partial charge on any atom is -0.490 e. The molecule has 2 aliphatic heterocycles. The molecule has 1 unspecified atom stereocenters. The summed E-state index contributed by atoms with van der Waals surface area (Å²) in [4.78, 5) is 53.4. The third kappa shape index (κ3) is 7.77. The molecule has 59 heavy (non-hydrogen) atoms. The van der Waals surface area contributed by atoms with Gasteiger partial charge in [0.25, 0.3) is 11.5 Å². The molecule has 4 fully saturated rings. The number of carbonyl (C=O) groups excluding carboxylic acids is 3. The lowest BCUT2D eigenvalue weighted by Gasteiger charge is -2.39. The van der Waals surface area contributed by atoms with Gasteiger partial charge in [-0.3, -0.25) is 33.9 Å². The van der Waals surface area contributed by atoms with E-state index < -0.39 is 35.7 Å². The molecule has 0 radical (unpaired) electrons. The van der Waals surface area contributed by atoms with Crippen molar-refractivity contribution in [3.05, 3.63) is 82.0 Å². The Morgan fingerprint density at radius 2 is 1.85 bits per heavy atom. The number of alkyl halides is 1. The minimum atomic E-state index is -1.05. The molecule has 2 aromatic carbocycles. The summed E-state index contributed by atoms with van der Waals surface area (Å²) in [7, 11) is 1.87. The lowest BCUT2D eigenvalue weighted by Crippen LogP contribution is -2.45. The number of rotatable bonds is 10. The zero-order chi connectivity index (χ0) is 41.1. The number of amides is 3. The topological polar surface area (TPSA) is 166 Å². The second kappa shape index (κ2) is 15.6. The largest absolute Gasteiger partial charge is 0.490 e. The van der Waals surface area contributed by atoms with Crippen LogP contribution in [-0.2, 0) is 16.6 Å². The van der Waals surface area contributed by atoms with Crippen molar-refractivity contribution < 1.29 is 28.6 Å². The van der Waals surface area contributed by atoms with Crippen molar-refractivity contribution in [3.63, 3.8) is 0 Å². The summed E-state index contributed by atoms with van der Waals surface area (Å²) in [5, 5.41) is 27.9. The number of aromatic nitrogens is 5. The quantitative estimate of drug-likeness (QED) is 0.154. The van der Waals surface area contributed by atoms with Gasteiger partial charge in [-0.15, -0.1) is 0 Å². The van der Waals surface area contributed by atoms with Crippen molar-refractivity contribution in [2.75, 3.05) is 25.0 Å². The first-order chi connectivity index (χ1) is 28.4. The van der Waals surface area contributed by atoms with E-state index in [4.69, 9.17) is 9.84 Å². The first-order valence-electron chi connectivity index (χ1n) is 21.0. The molecule has 5 atom stereocenters. The van der Waals surface area contributed by atoms with Crippen LogP contribution < -0.4 is 20.9 Å². The van der Waals surface area contributed by atoms with Crippen molar-refractivity contribution in [2.24, 2.45) is 13.0 Å². The smallest absolute Gasteiger partial charge is 0.274 e. The number of hydrogen-bond donors (Lipinski definition) is 3. The van der Waals surface area contributed by atoms with E-state index in [0.717, 1.165) is 72.6 Å². The molecule has 15 heteroatoms. The van der Waals surface area contributed by atoms with E-state index in [0.29, 0.717) is 48.7 Å². The maximum absolute atomic E-state index is 13.7. The summed E-state index contributed by atoms with van der Waals surface area (Å²) in [6.07, 6.45) is 7.66. The monoisotopic (exact) mass is 806 g/mol. The van der Waals surface area contributed by atoms with E-state index in [1.165, 1.54) is 10.6 Å². The molecule has 9 rings (SSSR count). The number of likely N-dealkylation sites (tertiary alicyclic amines) is 1. The third-order valence-electron chi connectivity index (χ3n) is 12.8. The summed E-state index contributed by atoms with van der Waals surface area (Å²) in [5.74, 6) is -0.593. The molecule has 0 bridgehead atoms. The lowest BCUT2D eigenvalue weighted by molar-refractivity contribution is -0.134. The van der Waals surface area contributed by atoms with E-state index in [9.17, 15) is 28.7 Å². The highest BCUT2D eigenvalue weighted by molar-refractivity contribution is 6.08. The maximum Gasteiger partial charge on any atom is 0.274 e. The molecule has 4 aliphatic rings. The Balaban J connectivity index is 0.820. The van der Waals surface area contributed by atoms with Crippen LogP contribution in [-0.4, -0.2) is 89.9 Å². The van der Waals surface area contributed by atoms with Gasteiger partial charge in [0.2, 0.25) is 11.8 Å². The number of aryl methyl sites for hydroxylation is 1. The van der Waals surface area contributed by atoms with Gasteiger partial charge in [0.15, 0.2) is 0 Å². The molecule has 310 valence electrons. The number of benzene rings is 2. The summed E-state index contributed by atoms with van der Waals surface area (Å²) in [6.45, 7) is 6.21. The zero-order valence-corrected chi connectivity index (χ0v) is 33.6. The van der Waals surface area contributed by atoms with E-state index >= 15 is 0 Å². The Hall–Kier alpha value is -5.41. The number of imide groups is 1. The second-order valence-corrected chi connectivity index (χ2v) is 17.3. The summed E-state index contributed by atoms with van der Waals surface area (Å²) >= 11 is 0. The second-order valence-electron chi connectivity index (χ2n) is 17.3. The van der Waals surface area contributed by atoms with Crippen LogP contribution in [0.15, 0.2) is 59.7 Å². The van der Waals surface area contributed by atoms with Crippen LogP contribution in [0, 0.1) is 5.92 Å². The Morgan fingerprint density at radius 3 is 2.58 bits per heavy atom. The Kier molecular flexibility index (Phi) is 10.4. The number of β-amino-alcohol motifs (C(OH)–C–C–N with tert-alkyl or cyclic N) is 1. The van der Waals surface area contributed by atoms with Crippen molar-refractivity contribution in [1.29, 1.82) is 0 Å². The number of anilines is 1. The average molecular weight is 807 g/mol. The summed E-state index contributed by atoms with van der Waals surface area (Å²) in [6, 6.07) is 12.6. The van der Waals surface area contributed by atoms with Crippen molar-refractivity contribution in [2.45, 2.75) is 108 Å². The van der Waals surface area contributed by atoms with Crippen LogP contribution in [0.3, 0.4) is 0 Å². The SMILES string of the molecule is CC(C)Oc1cc2nn(C3CCC(CN4CC[C@@H](c5ccc6c(C7CCC(=O)NC7=O)nn(C)c6c5)[C@H](O)C4)CC3)cc2cc1C(=O)Nc1cccn([C@H]2C[C@H]2F)c1=O. The van der Waals surface area contributed by atoms with Gasteiger partial charge in [-0.05, 0) is 94.7 Å². The van der Waals surface area contributed by atoms with Gasteiger partial charge in [-0.2, -0.15) is 10.2 Å². The molecule has 3 aromatic heterocycles. The molecule has 5 heterocycles. The number of nitrogens with zero attached hydrogens (tertiary/aromatic N) is 6. The summed E-state index contributed by atoms with van der Waals surface area (Å²) in [5.41, 5.74) is 3.33. The zero-order valence-electron chi connectivity index (χ0n) is 33.6. The molecular weight excluding hydrogens is 756 g/mol. The van der Waals surface area contributed by atoms with E-state index in [1.54, 1.807) is 29.1 Å². The molecular formula is C44H51FN8O6. The molecule has 2 saturated heterocycles. The maximum atomic E-state index is 13.7. The molecule has 2 saturated carbocycles. The number of fused-ring (bicyclic) bond motifs is 2. The number of carbonyl (C=O) groups is 3. The molecule has 3 amide bonds. The van der Waals surface area contributed by atoms with Gasteiger partial charge in [0.1, 0.15) is 17.6 Å². The van der Waals surface area contributed by atoms with Crippen molar-refractivity contribution >= 4 is 45.2 Å². The van der Waals surface area contributed by atoms with Gasteiger partial charge in [-0.25, -0.2) is 4.39 Å². The molecule has 14 nitrogen and oxygen atoms in total. The van der Waals surface area contributed by atoms with E-state index in [1.807, 2.05) is 37.8 Å². The van der Waals surface area contributed by atoms with Gasteiger partial charge in [-0.1, -0.05) is 12.1 Å². The lowest BCUT2D eigenvalue weighted by atomic mass is 9.83. The third-order valence-corrected chi connectivity index (χ3v) is 12.8. The number of halogens is 1. The average Bonchev–Trinajstić information content (AvgIpc) is 3.63. The summed E-state index contributed by atoms with van der Waals surface area (Å²) < 4.78 is 25.0. The Labute approximate surface area is 340 Å². The van der Waals surface area contributed by atoms with E-state index in [2.05, 4.69) is 32.8 Å². The number of aliphatic hydroxyl groups excluding tert-OH is 1. The normalized spacial score (nSPS) is 26.4. The van der Waals surface area contributed by atoms with E-state index in [-0.39, 0.29) is 35.6 Å². The first kappa shape index (κ1) is 39.1. The predicted molar refractivity (Wildman–Crippen MR) is 219 cm³/mol. The fraction of sp³-hybridized carbons (Fsp3) is 0.500. The standard InChI is InChI=1S/C44H51FN8O6/c1-24(2)59-39-20-35-27(17-32(39)43(57)46-34-5-4-15-52(44(34)58)37-19-33(37)45)22-53(48-35)28-9-6-25(7-10-28)21-51-16-14-29(38(54)23-51)26-8-11-30-36(18-26)50(3)49-41(30)31-12-13-40(55)47-42(31)56/h4-5,8,11,15,17-18,20,22,24-25,28-29,31,33,37-38,54H,6-7,9-10,12-14,16,19,21,23H2,1-3H3,(H,46,57)(H,47,55,56)/t25?,28?,29-,31?,33+,37-,38+/m0/s1. The van der Waals surface area contributed by atoms with Crippen LogP contribution in [0.1, 0.15) is 111 Å². The molecule has 3 N–H and O–H groups in total. The number of ether oxygens (including phenoxy) is 1. The van der Waals surface area contributed by atoms with Crippen LogP contribution in [0.2, 0.25) is 0 Å². The number of hydrogen-bond acceptors (Lipinski definition) is 9. The highest BCUT2D eigenvalue weighted by Gasteiger charge is 2.40. The van der Waals surface area contributed by atoms with Crippen LogP contribution >= 0.6 is 0 Å². The van der Waals surface area contributed by atoms with Crippen LogP contribution in [0.5, 0.6) is 5.75 Å². The Bertz CT molecular complexity index is 2500. The van der Waals surface area contributed by atoms with Crippen molar-refractivity contribution in [3.8, 4) is 5.75 Å². The number of nitrogens with one attached hydrogen (secondary N) is 2. The fourth-order valence-corrected chi connectivity index (χ4v) is 9.54. The van der Waals surface area contributed by atoms with Gasteiger partial charge in [0, 0.05) is 68.1 Å². The number of piperidine rings is 2. The molecule has 5 aromatic rings. The first-order valence-corrected chi connectivity index (χ1v) is 21.0. The highest BCUT2D eigenvalue weighted by Crippen LogP contribution is 2.39. The van der Waals surface area contributed by atoms with Gasteiger partial charge >= 0.3 is 0 Å². The van der Waals surface area contributed by atoms with Crippen LogP contribution in [0.4, 0.5) is 10.1 Å². The minimum absolute atomic E-state index is 0.000424. The predicted octanol–water partition coefficient (Wildman–Crippen LogP) is 5.51. The van der Waals surface area contributed by atoms with Crippen LogP contribution in [0.25, 0.3) is 21.8 Å². The van der Waals surface area contributed by atoms with Gasteiger partial charge in [0.05, 0.1) is 52.5 Å². The molecule has 0 spiro atoms. The van der Waals surface area contributed by atoms with Gasteiger partial charge < -0.3 is 24.6 Å². The fourth-order valence-electron chi connectivity index (χ4n) is 9.54. The van der Waals surface area contributed by atoms with Crippen molar-refractivity contribution in [1.82, 2.24) is 34.3 Å². The number of pyridine rings is 1. The Morgan fingerprint density at radius 1 is 1.05 bits per heavy atom. The molecule has 2 aliphatic carbocycles.